The standard InChI is InChI=1S/C12H14N6/c13-8-9-2-1-3-10-11(9)15-16-12(10)17-4-6-18(14)7-5-17/h1-3H,4-7,14H2,(H,15,16). The summed E-state index contributed by atoms with van der Waals surface area (Å²) >= 11 is 0. The van der Waals surface area contributed by atoms with Gasteiger partial charge in [-0.05, 0) is 12.1 Å². The lowest BCUT2D eigenvalue weighted by molar-refractivity contribution is 0.265. The molecule has 1 aliphatic heterocycles. The van der Waals surface area contributed by atoms with Crippen LogP contribution in [0.25, 0.3) is 10.9 Å². The van der Waals surface area contributed by atoms with Crippen LogP contribution in [0.3, 0.4) is 0 Å². The summed E-state index contributed by atoms with van der Waals surface area (Å²) in [5.74, 6) is 6.66. The van der Waals surface area contributed by atoms with E-state index in [9.17, 15) is 0 Å². The Morgan fingerprint density at radius 2 is 2.06 bits per heavy atom. The number of anilines is 1. The molecule has 0 saturated carbocycles. The maximum absolute atomic E-state index is 9.06. The zero-order valence-corrected chi connectivity index (χ0v) is 9.93. The molecule has 3 rings (SSSR count). The van der Waals surface area contributed by atoms with Gasteiger partial charge in [-0.15, -0.1) is 0 Å². The maximum atomic E-state index is 9.06. The van der Waals surface area contributed by atoms with Crippen LogP contribution in [0.4, 0.5) is 5.82 Å². The highest BCUT2D eigenvalue weighted by molar-refractivity contribution is 5.93. The van der Waals surface area contributed by atoms with Crippen molar-refractivity contribution in [2.75, 3.05) is 31.1 Å². The van der Waals surface area contributed by atoms with E-state index in [2.05, 4.69) is 21.2 Å². The molecule has 0 atom stereocenters. The van der Waals surface area contributed by atoms with Crippen molar-refractivity contribution in [1.82, 2.24) is 15.2 Å². The molecule has 0 amide bonds. The van der Waals surface area contributed by atoms with Crippen LogP contribution < -0.4 is 10.7 Å². The molecule has 1 aromatic heterocycles. The highest BCUT2D eigenvalue weighted by Gasteiger charge is 2.19. The van der Waals surface area contributed by atoms with Crippen molar-refractivity contribution < 1.29 is 0 Å². The highest BCUT2D eigenvalue weighted by atomic mass is 15.4. The van der Waals surface area contributed by atoms with Crippen LogP contribution in [0.15, 0.2) is 18.2 Å². The topological polar surface area (TPSA) is 85.0 Å². The van der Waals surface area contributed by atoms with Gasteiger partial charge >= 0.3 is 0 Å². The lowest BCUT2D eigenvalue weighted by atomic mass is 10.1. The van der Waals surface area contributed by atoms with Gasteiger partial charge in [0, 0.05) is 31.6 Å². The van der Waals surface area contributed by atoms with Gasteiger partial charge in [0.1, 0.15) is 6.07 Å². The molecule has 6 heteroatoms. The van der Waals surface area contributed by atoms with E-state index < -0.39 is 0 Å². The largest absolute Gasteiger partial charge is 0.352 e. The number of nitrogens with one attached hydrogen (secondary N) is 1. The Bertz CT molecular complexity index is 603. The van der Waals surface area contributed by atoms with E-state index >= 15 is 0 Å². The molecular weight excluding hydrogens is 228 g/mol. The van der Waals surface area contributed by atoms with E-state index in [0.29, 0.717) is 5.56 Å². The van der Waals surface area contributed by atoms with E-state index in [-0.39, 0.29) is 0 Å². The second-order valence-corrected chi connectivity index (χ2v) is 4.41. The lowest BCUT2D eigenvalue weighted by Crippen LogP contribution is -2.49. The molecule has 0 bridgehead atoms. The number of nitrogens with zero attached hydrogens (tertiary/aromatic N) is 4. The van der Waals surface area contributed by atoms with Crippen molar-refractivity contribution in [1.29, 1.82) is 5.26 Å². The minimum absolute atomic E-state index is 0.628. The van der Waals surface area contributed by atoms with Crippen LogP contribution >= 0.6 is 0 Å². The van der Waals surface area contributed by atoms with Crippen molar-refractivity contribution in [3.05, 3.63) is 23.8 Å². The van der Waals surface area contributed by atoms with Crippen LogP contribution in [-0.4, -0.2) is 41.4 Å². The first-order valence-electron chi connectivity index (χ1n) is 5.91. The van der Waals surface area contributed by atoms with E-state index in [1.54, 1.807) is 6.07 Å². The van der Waals surface area contributed by atoms with Gasteiger partial charge in [-0.1, -0.05) is 6.07 Å². The van der Waals surface area contributed by atoms with Crippen LogP contribution in [-0.2, 0) is 0 Å². The molecule has 0 radical (unpaired) electrons. The first-order valence-corrected chi connectivity index (χ1v) is 5.91. The third-order valence-electron chi connectivity index (χ3n) is 3.31. The smallest absolute Gasteiger partial charge is 0.158 e. The second-order valence-electron chi connectivity index (χ2n) is 4.41. The molecule has 18 heavy (non-hydrogen) atoms. The van der Waals surface area contributed by atoms with Crippen molar-refractivity contribution in [2.45, 2.75) is 0 Å². The fourth-order valence-electron chi connectivity index (χ4n) is 2.30. The van der Waals surface area contributed by atoms with E-state index in [4.69, 9.17) is 11.1 Å². The molecule has 2 heterocycles. The van der Waals surface area contributed by atoms with Crippen LogP contribution in [0.2, 0.25) is 0 Å². The predicted molar refractivity (Wildman–Crippen MR) is 68.8 cm³/mol. The van der Waals surface area contributed by atoms with E-state index in [1.165, 1.54) is 0 Å². The molecule has 92 valence electrons. The summed E-state index contributed by atoms with van der Waals surface area (Å²) in [6.45, 7) is 3.36. The first kappa shape index (κ1) is 11.0. The molecule has 2 aromatic rings. The van der Waals surface area contributed by atoms with Gasteiger partial charge in [0.15, 0.2) is 5.82 Å². The lowest BCUT2D eigenvalue weighted by Gasteiger charge is -2.32. The SMILES string of the molecule is N#Cc1cccc2c(N3CCN(N)CC3)n[nH]c12. The number of benzene rings is 1. The Hall–Kier alpha value is -2.10. The van der Waals surface area contributed by atoms with Crippen LogP contribution in [0, 0.1) is 11.3 Å². The second kappa shape index (κ2) is 4.29. The van der Waals surface area contributed by atoms with E-state index in [0.717, 1.165) is 42.9 Å². The summed E-state index contributed by atoms with van der Waals surface area (Å²) in [6.07, 6.45) is 0. The van der Waals surface area contributed by atoms with E-state index in [1.807, 2.05) is 17.1 Å². The van der Waals surface area contributed by atoms with Gasteiger partial charge in [0.05, 0.1) is 11.1 Å². The fraction of sp³-hybridized carbons (Fsp3) is 0.333. The molecule has 1 aliphatic rings. The van der Waals surface area contributed by atoms with Crippen LogP contribution in [0.1, 0.15) is 5.56 Å². The Morgan fingerprint density at radius 1 is 1.28 bits per heavy atom. The van der Waals surface area contributed by atoms with Gasteiger partial charge in [-0.2, -0.15) is 10.4 Å². The highest BCUT2D eigenvalue weighted by Crippen LogP contribution is 2.26. The first-order chi connectivity index (χ1) is 8.79. The molecule has 1 aromatic carbocycles. The number of nitriles is 1. The number of rotatable bonds is 1. The van der Waals surface area contributed by atoms with Gasteiger partial charge in [0.2, 0.25) is 0 Å². The van der Waals surface area contributed by atoms with Gasteiger partial charge in [-0.3, -0.25) is 10.9 Å². The summed E-state index contributed by atoms with van der Waals surface area (Å²) in [7, 11) is 0. The molecular formula is C12H14N6. The Morgan fingerprint density at radius 3 is 2.78 bits per heavy atom. The number of fused-ring (bicyclic) bond motifs is 1. The number of hydrazine groups is 1. The maximum Gasteiger partial charge on any atom is 0.158 e. The zero-order chi connectivity index (χ0) is 12.5. The quantitative estimate of drug-likeness (QED) is 0.708. The van der Waals surface area contributed by atoms with Gasteiger partial charge in [-0.25, -0.2) is 5.01 Å². The summed E-state index contributed by atoms with van der Waals surface area (Å²) in [5.41, 5.74) is 1.44. The molecule has 0 unspecified atom stereocenters. The number of piperazine rings is 1. The summed E-state index contributed by atoms with van der Waals surface area (Å²) in [4.78, 5) is 2.20. The number of hydrogen-bond donors (Lipinski definition) is 2. The molecule has 0 aliphatic carbocycles. The molecule has 1 saturated heterocycles. The normalized spacial score (nSPS) is 17.0. The third-order valence-corrected chi connectivity index (χ3v) is 3.31. The van der Waals surface area contributed by atoms with Gasteiger partial charge in [0.25, 0.3) is 0 Å². The van der Waals surface area contributed by atoms with Crippen molar-refractivity contribution in [2.24, 2.45) is 5.84 Å². The van der Waals surface area contributed by atoms with Crippen LogP contribution in [0.5, 0.6) is 0 Å². The summed E-state index contributed by atoms with van der Waals surface area (Å²) in [5, 5.41) is 19.2. The monoisotopic (exact) mass is 242 g/mol. The fourth-order valence-corrected chi connectivity index (χ4v) is 2.30. The number of nitrogens with two attached hydrogens (primary N) is 1. The molecule has 0 spiro atoms. The summed E-state index contributed by atoms with van der Waals surface area (Å²) in [6, 6.07) is 7.85. The molecule has 1 fully saturated rings. The third kappa shape index (κ3) is 1.70. The number of H-pyrrole nitrogens is 1. The predicted octanol–water partition coefficient (Wildman–Crippen LogP) is 0.430. The number of para-hydroxylation sites is 1. The number of aromatic nitrogens is 2. The van der Waals surface area contributed by atoms with Gasteiger partial charge < -0.3 is 4.90 Å². The average molecular weight is 242 g/mol. The van der Waals surface area contributed by atoms with Crippen molar-refractivity contribution >= 4 is 16.7 Å². The molecule has 3 N–H and O–H groups in total. The number of aromatic amines is 1. The Balaban J connectivity index is 2.01. The number of hydrogen-bond acceptors (Lipinski definition) is 5. The minimum Gasteiger partial charge on any atom is -0.352 e. The average Bonchev–Trinajstić information content (AvgIpc) is 2.83. The summed E-state index contributed by atoms with van der Waals surface area (Å²) < 4.78 is 0. The Labute approximate surface area is 105 Å². The molecule has 6 nitrogen and oxygen atoms in total. The minimum atomic E-state index is 0.628. The zero-order valence-electron chi connectivity index (χ0n) is 9.93. The van der Waals surface area contributed by atoms with Crippen molar-refractivity contribution in [3.8, 4) is 6.07 Å². The van der Waals surface area contributed by atoms with Crippen molar-refractivity contribution in [3.63, 3.8) is 0 Å². The Kier molecular flexibility index (Phi) is 2.63.